The SMILES string of the molecule is COc1ccc(C2/C(=C(/O)c3cccc4ccccc34)C(=O)C(=O)N2c2ccc(C#N)cc2)cc1. The number of carbonyl (C=O) groups excluding carboxylic acids is 2. The molecule has 0 radical (unpaired) electrons. The summed E-state index contributed by atoms with van der Waals surface area (Å²) in [6.45, 7) is 0. The van der Waals surface area contributed by atoms with Crippen molar-refractivity contribution in [1.82, 2.24) is 0 Å². The van der Waals surface area contributed by atoms with Gasteiger partial charge in [0.25, 0.3) is 11.7 Å². The zero-order chi connectivity index (χ0) is 24.5. The third kappa shape index (κ3) is 3.69. The van der Waals surface area contributed by atoms with E-state index in [0.29, 0.717) is 28.1 Å². The highest BCUT2D eigenvalue weighted by Crippen LogP contribution is 2.43. The molecule has 0 bridgehead atoms. The van der Waals surface area contributed by atoms with Crippen LogP contribution in [0, 0.1) is 11.3 Å². The van der Waals surface area contributed by atoms with Gasteiger partial charge in [-0.1, -0.05) is 54.6 Å². The number of carbonyl (C=O) groups is 2. The molecule has 0 saturated carbocycles. The van der Waals surface area contributed by atoms with Crippen LogP contribution in [-0.4, -0.2) is 23.9 Å². The number of Topliss-reactive ketones (excluding diaryl/α,β-unsaturated/α-hetero) is 1. The largest absolute Gasteiger partial charge is 0.507 e. The Morgan fingerprint density at radius 2 is 1.60 bits per heavy atom. The summed E-state index contributed by atoms with van der Waals surface area (Å²) in [4.78, 5) is 28.1. The molecule has 6 nitrogen and oxygen atoms in total. The van der Waals surface area contributed by atoms with Crippen molar-refractivity contribution in [2.24, 2.45) is 0 Å². The van der Waals surface area contributed by atoms with E-state index in [9.17, 15) is 14.7 Å². The third-order valence-corrected chi connectivity index (χ3v) is 6.20. The highest BCUT2D eigenvalue weighted by Gasteiger charge is 2.47. The van der Waals surface area contributed by atoms with Crippen molar-refractivity contribution in [2.45, 2.75) is 6.04 Å². The lowest BCUT2D eigenvalue weighted by atomic mass is 9.93. The first-order chi connectivity index (χ1) is 17.0. The Hall–Kier alpha value is -4.89. The van der Waals surface area contributed by atoms with Crippen LogP contribution < -0.4 is 9.64 Å². The average Bonchev–Trinajstić information content (AvgIpc) is 3.18. The Kier molecular flexibility index (Phi) is 5.52. The number of anilines is 1. The van der Waals surface area contributed by atoms with Crippen LogP contribution in [0.4, 0.5) is 5.69 Å². The third-order valence-electron chi connectivity index (χ3n) is 6.20. The molecule has 1 unspecified atom stereocenters. The highest BCUT2D eigenvalue weighted by atomic mass is 16.5. The fourth-order valence-electron chi connectivity index (χ4n) is 4.47. The van der Waals surface area contributed by atoms with Crippen molar-refractivity contribution in [3.8, 4) is 11.8 Å². The summed E-state index contributed by atoms with van der Waals surface area (Å²) in [5.41, 5.74) is 1.99. The molecular formula is C29H20N2O4. The van der Waals surface area contributed by atoms with Crippen LogP contribution in [0.5, 0.6) is 5.75 Å². The molecule has 4 aromatic rings. The van der Waals surface area contributed by atoms with Gasteiger partial charge in [0.2, 0.25) is 0 Å². The normalized spacial score (nSPS) is 16.9. The van der Waals surface area contributed by atoms with E-state index in [1.165, 1.54) is 4.90 Å². The monoisotopic (exact) mass is 460 g/mol. The number of methoxy groups -OCH3 is 1. The second-order valence-corrected chi connectivity index (χ2v) is 8.13. The molecule has 170 valence electrons. The first-order valence-electron chi connectivity index (χ1n) is 11.0. The van der Waals surface area contributed by atoms with Crippen molar-refractivity contribution in [2.75, 3.05) is 12.0 Å². The number of aliphatic hydroxyl groups is 1. The number of nitrogens with zero attached hydrogens (tertiary/aromatic N) is 2. The Labute approximate surface area is 201 Å². The van der Waals surface area contributed by atoms with E-state index in [4.69, 9.17) is 10.00 Å². The molecule has 0 aromatic heterocycles. The van der Waals surface area contributed by atoms with Gasteiger partial charge >= 0.3 is 0 Å². The predicted octanol–water partition coefficient (Wildman–Crippen LogP) is 5.35. The lowest BCUT2D eigenvalue weighted by molar-refractivity contribution is -0.132. The standard InChI is InChI=1S/C29H20N2O4/c1-35-22-15-11-20(12-16-22)26-25(27(32)24-8-4-6-19-5-2-3-7-23(19)24)28(33)29(34)31(26)21-13-9-18(17-30)10-14-21/h2-16,26,32H,1H3/b27-25-. The molecule has 0 aliphatic carbocycles. The first kappa shape index (κ1) is 21.9. The maximum Gasteiger partial charge on any atom is 0.300 e. The van der Waals surface area contributed by atoms with Gasteiger partial charge in [-0.05, 0) is 52.7 Å². The van der Waals surface area contributed by atoms with Crippen molar-refractivity contribution in [3.63, 3.8) is 0 Å². The molecule has 1 heterocycles. The zero-order valence-electron chi connectivity index (χ0n) is 18.8. The molecule has 1 fully saturated rings. The summed E-state index contributed by atoms with van der Waals surface area (Å²) < 4.78 is 5.26. The number of nitriles is 1. The first-order valence-corrected chi connectivity index (χ1v) is 11.0. The van der Waals surface area contributed by atoms with Gasteiger partial charge in [0.1, 0.15) is 11.5 Å². The van der Waals surface area contributed by atoms with Gasteiger partial charge < -0.3 is 9.84 Å². The minimum atomic E-state index is -0.868. The molecule has 1 saturated heterocycles. The smallest absolute Gasteiger partial charge is 0.300 e. The van der Waals surface area contributed by atoms with E-state index < -0.39 is 17.7 Å². The van der Waals surface area contributed by atoms with Crippen LogP contribution in [0.1, 0.15) is 22.7 Å². The molecule has 0 spiro atoms. The van der Waals surface area contributed by atoms with E-state index in [2.05, 4.69) is 6.07 Å². The van der Waals surface area contributed by atoms with E-state index in [1.807, 2.05) is 30.3 Å². The lowest BCUT2D eigenvalue weighted by Crippen LogP contribution is -2.29. The Morgan fingerprint density at radius 1 is 0.914 bits per heavy atom. The average molecular weight is 460 g/mol. The van der Waals surface area contributed by atoms with E-state index in [1.54, 1.807) is 67.8 Å². The van der Waals surface area contributed by atoms with Crippen LogP contribution in [0.2, 0.25) is 0 Å². The van der Waals surface area contributed by atoms with Crippen molar-refractivity contribution < 1.29 is 19.4 Å². The second kappa shape index (κ2) is 8.81. The molecule has 5 rings (SSSR count). The number of ether oxygens (including phenoxy) is 1. The zero-order valence-corrected chi connectivity index (χ0v) is 18.8. The molecule has 1 aliphatic rings. The Morgan fingerprint density at radius 3 is 2.29 bits per heavy atom. The molecule has 35 heavy (non-hydrogen) atoms. The molecule has 1 atom stereocenters. The number of ketones is 1. The van der Waals surface area contributed by atoms with Crippen molar-refractivity contribution in [1.29, 1.82) is 5.26 Å². The van der Waals surface area contributed by atoms with Crippen molar-refractivity contribution in [3.05, 3.63) is 113 Å². The molecule has 1 aliphatic heterocycles. The number of hydrogen-bond donors (Lipinski definition) is 1. The van der Waals surface area contributed by atoms with Crippen molar-refractivity contribution >= 4 is 33.9 Å². The molecule has 6 heteroatoms. The van der Waals surface area contributed by atoms with Gasteiger partial charge in [0.15, 0.2) is 0 Å². The van der Waals surface area contributed by atoms with Crippen LogP contribution in [0.3, 0.4) is 0 Å². The maximum absolute atomic E-state index is 13.4. The van der Waals surface area contributed by atoms with Gasteiger partial charge in [0, 0.05) is 11.3 Å². The van der Waals surface area contributed by atoms with Gasteiger partial charge in [-0.2, -0.15) is 5.26 Å². The second-order valence-electron chi connectivity index (χ2n) is 8.13. The number of amides is 1. The fourth-order valence-corrected chi connectivity index (χ4v) is 4.47. The number of rotatable bonds is 4. The topological polar surface area (TPSA) is 90.6 Å². The predicted molar refractivity (Wildman–Crippen MR) is 133 cm³/mol. The molecule has 4 aromatic carbocycles. The van der Waals surface area contributed by atoms with E-state index in [-0.39, 0.29) is 11.3 Å². The number of hydrogen-bond acceptors (Lipinski definition) is 5. The number of benzene rings is 4. The van der Waals surface area contributed by atoms with Crippen LogP contribution in [0.25, 0.3) is 16.5 Å². The number of fused-ring (bicyclic) bond motifs is 1. The lowest BCUT2D eigenvalue weighted by Gasteiger charge is -2.25. The minimum Gasteiger partial charge on any atom is -0.507 e. The van der Waals surface area contributed by atoms with E-state index >= 15 is 0 Å². The van der Waals surface area contributed by atoms with Gasteiger partial charge in [0.05, 0.1) is 30.4 Å². The summed E-state index contributed by atoms with van der Waals surface area (Å²) in [5, 5.41) is 22.3. The summed E-state index contributed by atoms with van der Waals surface area (Å²) in [6.07, 6.45) is 0. The Bertz CT molecular complexity index is 1520. The quantitative estimate of drug-likeness (QED) is 0.252. The molecule has 1 amide bonds. The maximum atomic E-state index is 13.4. The summed E-state index contributed by atoms with van der Waals surface area (Å²) in [6, 6.07) is 27.6. The van der Waals surface area contributed by atoms with Crippen LogP contribution in [-0.2, 0) is 9.59 Å². The summed E-state index contributed by atoms with van der Waals surface area (Å²) >= 11 is 0. The number of aliphatic hydroxyl groups excluding tert-OH is 1. The highest BCUT2D eigenvalue weighted by molar-refractivity contribution is 6.51. The van der Waals surface area contributed by atoms with Gasteiger partial charge in [-0.15, -0.1) is 0 Å². The van der Waals surface area contributed by atoms with Gasteiger partial charge in [-0.25, -0.2) is 0 Å². The summed E-state index contributed by atoms with van der Waals surface area (Å²) in [7, 11) is 1.55. The molecule has 1 N–H and O–H groups in total. The summed E-state index contributed by atoms with van der Waals surface area (Å²) in [5.74, 6) is -1.15. The fraction of sp³-hybridized carbons (Fsp3) is 0.0690. The molecular weight excluding hydrogens is 440 g/mol. The minimum absolute atomic E-state index is 0.000814. The van der Waals surface area contributed by atoms with Crippen LogP contribution >= 0.6 is 0 Å². The Balaban J connectivity index is 1.75. The van der Waals surface area contributed by atoms with Crippen LogP contribution in [0.15, 0.2) is 96.6 Å². The van der Waals surface area contributed by atoms with Gasteiger partial charge in [-0.3, -0.25) is 14.5 Å². The van der Waals surface area contributed by atoms with E-state index in [0.717, 1.165) is 10.8 Å².